The van der Waals surface area contributed by atoms with Crippen molar-refractivity contribution in [3.05, 3.63) is 29.8 Å². The molecule has 1 saturated heterocycles. The second kappa shape index (κ2) is 8.92. The molecule has 1 fully saturated rings. The van der Waals surface area contributed by atoms with Gasteiger partial charge in [-0.3, -0.25) is 9.79 Å². The average Bonchev–Trinajstić information content (AvgIpc) is 3.19. The summed E-state index contributed by atoms with van der Waals surface area (Å²) in [5.74, 6) is 0.702. The highest BCUT2D eigenvalue weighted by molar-refractivity contribution is 5.84. The van der Waals surface area contributed by atoms with Gasteiger partial charge in [0.2, 0.25) is 5.91 Å². The molecule has 144 valence electrons. The summed E-state index contributed by atoms with van der Waals surface area (Å²) in [6.45, 7) is 8.74. The first kappa shape index (κ1) is 20.1. The van der Waals surface area contributed by atoms with Crippen LogP contribution in [0.1, 0.15) is 45.2 Å². The predicted molar refractivity (Wildman–Crippen MR) is 109 cm³/mol. The van der Waals surface area contributed by atoms with Crippen LogP contribution < -0.4 is 20.9 Å². The maximum atomic E-state index is 11.9. The third-order valence-corrected chi connectivity index (χ3v) is 4.96. The zero-order valence-electron chi connectivity index (χ0n) is 16.7. The topological polar surface area (TPSA) is 68.8 Å². The summed E-state index contributed by atoms with van der Waals surface area (Å²) in [5, 5.41) is 9.38. The predicted octanol–water partition coefficient (Wildman–Crippen LogP) is 2.29. The molecule has 1 amide bonds. The smallest absolute Gasteiger partial charge is 0.227 e. The van der Waals surface area contributed by atoms with Crippen LogP contribution in [0.4, 0.5) is 5.69 Å². The number of nitrogens with one attached hydrogen (secondary N) is 3. The minimum Gasteiger partial charge on any atom is -0.372 e. The minimum atomic E-state index is -0.509. The van der Waals surface area contributed by atoms with Gasteiger partial charge in [-0.25, -0.2) is 0 Å². The molecule has 0 bridgehead atoms. The van der Waals surface area contributed by atoms with E-state index < -0.39 is 5.41 Å². The molecule has 26 heavy (non-hydrogen) atoms. The van der Waals surface area contributed by atoms with Crippen LogP contribution >= 0.6 is 0 Å². The number of hydrogen-bond donors (Lipinski definition) is 3. The molecule has 1 aromatic rings. The van der Waals surface area contributed by atoms with Gasteiger partial charge in [-0.2, -0.15) is 0 Å². The van der Waals surface area contributed by atoms with E-state index in [9.17, 15) is 4.79 Å². The summed E-state index contributed by atoms with van der Waals surface area (Å²) < 4.78 is 0. The third kappa shape index (κ3) is 5.13. The van der Waals surface area contributed by atoms with Gasteiger partial charge in [0, 0.05) is 39.4 Å². The van der Waals surface area contributed by atoms with Crippen LogP contribution in [0.5, 0.6) is 0 Å². The van der Waals surface area contributed by atoms with E-state index in [0.29, 0.717) is 12.5 Å². The number of amides is 1. The van der Waals surface area contributed by atoms with Gasteiger partial charge in [0.15, 0.2) is 5.96 Å². The molecule has 0 spiro atoms. The van der Waals surface area contributed by atoms with E-state index >= 15 is 0 Å². The fraction of sp³-hybridized carbons (Fsp3) is 0.600. The summed E-state index contributed by atoms with van der Waals surface area (Å²) in [6, 6.07) is 8.81. The zero-order chi connectivity index (χ0) is 19.2. The molecule has 1 unspecified atom stereocenters. The molecule has 0 radical (unpaired) electrons. The fourth-order valence-corrected chi connectivity index (χ4v) is 3.17. The maximum absolute atomic E-state index is 11.9. The second-order valence-electron chi connectivity index (χ2n) is 7.54. The normalized spacial score (nSPS) is 16.3. The second-order valence-corrected chi connectivity index (χ2v) is 7.54. The minimum absolute atomic E-state index is 0.00631. The van der Waals surface area contributed by atoms with Crippen molar-refractivity contribution in [2.75, 3.05) is 38.6 Å². The quantitative estimate of drug-likeness (QED) is 0.538. The van der Waals surface area contributed by atoms with Crippen molar-refractivity contribution in [1.29, 1.82) is 0 Å². The van der Waals surface area contributed by atoms with Crippen LogP contribution in [0.3, 0.4) is 0 Å². The van der Waals surface area contributed by atoms with Crippen molar-refractivity contribution in [2.24, 2.45) is 10.4 Å². The number of anilines is 1. The third-order valence-electron chi connectivity index (χ3n) is 4.96. The van der Waals surface area contributed by atoms with Crippen molar-refractivity contribution in [2.45, 2.75) is 39.7 Å². The van der Waals surface area contributed by atoms with Gasteiger partial charge in [0.05, 0.1) is 11.5 Å². The Kier molecular flexibility index (Phi) is 6.89. The molecule has 6 heteroatoms. The summed E-state index contributed by atoms with van der Waals surface area (Å²) in [7, 11) is 3.40. The van der Waals surface area contributed by atoms with Crippen LogP contribution in [0.2, 0.25) is 0 Å². The number of carbonyl (C=O) groups excluding carboxylic acids is 1. The van der Waals surface area contributed by atoms with Gasteiger partial charge in [-0.05, 0) is 51.3 Å². The lowest BCUT2D eigenvalue weighted by Crippen LogP contribution is -2.47. The Morgan fingerprint density at radius 1 is 1.31 bits per heavy atom. The Morgan fingerprint density at radius 2 is 2.00 bits per heavy atom. The van der Waals surface area contributed by atoms with E-state index in [4.69, 9.17) is 0 Å². The molecular formula is C20H33N5O. The summed E-state index contributed by atoms with van der Waals surface area (Å²) in [5.41, 5.74) is 2.01. The number of aliphatic imine (C=N–C) groups is 1. The van der Waals surface area contributed by atoms with Crippen molar-refractivity contribution in [1.82, 2.24) is 16.0 Å². The van der Waals surface area contributed by atoms with Crippen LogP contribution in [0, 0.1) is 5.41 Å². The van der Waals surface area contributed by atoms with E-state index in [1.54, 1.807) is 14.1 Å². The van der Waals surface area contributed by atoms with Gasteiger partial charge >= 0.3 is 0 Å². The highest BCUT2D eigenvalue weighted by Gasteiger charge is 2.26. The number of nitrogens with zero attached hydrogens (tertiary/aromatic N) is 2. The van der Waals surface area contributed by atoms with Gasteiger partial charge in [-0.15, -0.1) is 0 Å². The van der Waals surface area contributed by atoms with Gasteiger partial charge < -0.3 is 20.9 Å². The molecule has 0 aliphatic carbocycles. The monoisotopic (exact) mass is 359 g/mol. The molecule has 1 aliphatic heterocycles. The van der Waals surface area contributed by atoms with E-state index in [0.717, 1.165) is 13.1 Å². The highest BCUT2D eigenvalue weighted by atomic mass is 16.2. The summed E-state index contributed by atoms with van der Waals surface area (Å²) >= 11 is 0. The Morgan fingerprint density at radius 3 is 2.62 bits per heavy atom. The van der Waals surface area contributed by atoms with Crippen LogP contribution in [-0.2, 0) is 4.79 Å². The Hall–Kier alpha value is -2.24. The largest absolute Gasteiger partial charge is 0.372 e. The number of carbonyl (C=O) groups is 1. The Labute approximate surface area is 157 Å². The van der Waals surface area contributed by atoms with Gasteiger partial charge in [0.25, 0.3) is 0 Å². The van der Waals surface area contributed by atoms with Crippen LogP contribution in [-0.4, -0.2) is 45.6 Å². The summed E-state index contributed by atoms with van der Waals surface area (Å²) in [4.78, 5) is 18.7. The molecule has 2 rings (SSSR count). The van der Waals surface area contributed by atoms with Crippen molar-refractivity contribution in [3.63, 3.8) is 0 Å². The summed E-state index contributed by atoms with van der Waals surface area (Å²) in [6.07, 6.45) is 2.55. The standard InChI is InChI=1S/C20H33N5O/c1-15(16-9-8-10-17(13-16)25-11-6-7-12-25)24-19(22-5)23-14-20(2,3)18(26)21-4/h8-10,13,15H,6-7,11-12,14H2,1-5H3,(H,21,26)(H2,22,23,24). The van der Waals surface area contributed by atoms with Crippen LogP contribution in [0.25, 0.3) is 0 Å². The molecule has 6 nitrogen and oxygen atoms in total. The van der Waals surface area contributed by atoms with E-state index in [2.05, 4.69) is 57.0 Å². The molecule has 1 aromatic carbocycles. The SMILES string of the molecule is CN=C(NCC(C)(C)C(=O)NC)NC(C)c1cccc(N2CCCC2)c1. The van der Waals surface area contributed by atoms with E-state index in [1.165, 1.54) is 24.1 Å². The van der Waals surface area contributed by atoms with Gasteiger partial charge in [0.1, 0.15) is 0 Å². The van der Waals surface area contributed by atoms with Crippen molar-refractivity contribution in [3.8, 4) is 0 Å². The first-order valence-corrected chi connectivity index (χ1v) is 9.41. The van der Waals surface area contributed by atoms with Gasteiger partial charge in [-0.1, -0.05) is 12.1 Å². The molecule has 1 atom stereocenters. The lowest BCUT2D eigenvalue weighted by atomic mass is 9.92. The molecule has 0 aromatic heterocycles. The molecule has 1 aliphatic rings. The number of rotatable bonds is 6. The number of hydrogen-bond acceptors (Lipinski definition) is 3. The van der Waals surface area contributed by atoms with Crippen molar-refractivity contribution < 1.29 is 4.79 Å². The van der Waals surface area contributed by atoms with E-state index in [1.807, 2.05) is 13.8 Å². The molecule has 0 saturated carbocycles. The molecule has 3 N–H and O–H groups in total. The van der Waals surface area contributed by atoms with Crippen LogP contribution in [0.15, 0.2) is 29.3 Å². The Bertz CT molecular complexity index is 635. The maximum Gasteiger partial charge on any atom is 0.227 e. The van der Waals surface area contributed by atoms with Crippen molar-refractivity contribution >= 4 is 17.6 Å². The first-order chi connectivity index (χ1) is 12.4. The van der Waals surface area contributed by atoms with E-state index in [-0.39, 0.29) is 11.9 Å². The molecule has 1 heterocycles. The lowest BCUT2D eigenvalue weighted by Gasteiger charge is -2.26. The molecular weight excluding hydrogens is 326 g/mol. The highest BCUT2D eigenvalue weighted by Crippen LogP contribution is 2.24. The first-order valence-electron chi connectivity index (χ1n) is 9.41. The Balaban J connectivity index is 1.97. The lowest BCUT2D eigenvalue weighted by molar-refractivity contribution is -0.128. The number of guanidine groups is 1. The zero-order valence-corrected chi connectivity index (χ0v) is 16.7. The fourth-order valence-electron chi connectivity index (χ4n) is 3.17. The average molecular weight is 360 g/mol. The number of benzene rings is 1.